The molecule has 116 valence electrons. The van der Waals surface area contributed by atoms with Gasteiger partial charge >= 0.3 is 5.97 Å². The highest BCUT2D eigenvalue weighted by Gasteiger charge is 2.40. The predicted octanol–water partition coefficient (Wildman–Crippen LogP) is 2.36. The minimum atomic E-state index is -1.37. The van der Waals surface area contributed by atoms with Crippen LogP contribution in [0.25, 0.3) is 0 Å². The van der Waals surface area contributed by atoms with Crippen LogP contribution in [0.1, 0.15) is 24.0 Å². The van der Waals surface area contributed by atoms with E-state index in [2.05, 4.69) is 0 Å². The van der Waals surface area contributed by atoms with Crippen molar-refractivity contribution in [1.29, 1.82) is 0 Å². The summed E-state index contributed by atoms with van der Waals surface area (Å²) in [6.07, 6.45) is 0.282. The van der Waals surface area contributed by atoms with Gasteiger partial charge in [-0.15, -0.1) is 0 Å². The second kappa shape index (κ2) is 7.20. The monoisotopic (exact) mass is 299 g/mol. The average Bonchev–Trinajstić information content (AvgIpc) is 2.55. The van der Waals surface area contributed by atoms with E-state index >= 15 is 0 Å². The summed E-state index contributed by atoms with van der Waals surface area (Å²) in [4.78, 5) is 11.2. The van der Waals surface area contributed by atoms with Crippen molar-refractivity contribution in [3.8, 4) is 0 Å². The number of hydrogen-bond acceptors (Lipinski definition) is 3. The quantitative estimate of drug-likeness (QED) is 0.733. The van der Waals surface area contributed by atoms with Crippen molar-refractivity contribution < 1.29 is 15.0 Å². The zero-order valence-corrected chi connectivity index (χ0v) is 12.4. The smallest absolute Gasteiger partial charge is 0.303 e. The van der Waals surface area contributed by atoms with Crippen LogP contribution in [0.4, 0.5) is 0 Å². The molecule has 0 amide bonds. The van der Waals surface area contributed by atoms with E-state index in [0.717, 1.165) is 0 Å². The van der Waals surface area contributed by atoms with Crippen LogP contribution in [0, 0.1) is 5.92 Å². The van der Waals surface area contributed by atoms with Gasteiger partial charge in [0, 0.05) is 5.92 Å². The van der Waals surface area contributed by atoms with Crippen molar-refractivity contribution >= 4 is 5.97 Å². The van der Waals surface area contributed by atoms with Gasteiger partial charge in [-0.1, -0.05) is 60.7 Å². The first-order chi connectivity index (χ1) is 10.6. The van der Waals surface area contributed by atoms with Gasteiger partial charge in [0.05, 0.1) is 6.42 Å². The summed E-state index contributed by atoms with van der Waals surface area (Å²) >= 11 is 0. The highest BCUT2D eigenvalue weighted by molar-refractivity contribution is 5.67. The number of aliphatic hydroxyl groups is 1. The van der Waals surface area contributed by atoms with Crippen LogP contribution in [0.2, 0.25) is 0 Å². The predicted molar refractivity (Wildman–Crippen MR) is 85.3 cm³/mol. The van der Waals surface area contributed by atoms with E-state index < -0.39 is 17.5 Å². The third-order valence-electron chi connectivity index (χ3n) is 3.95. The number of rotatable bonds is 7. The zero-order valence-electron chi connectivity index (χ0n) is 12.4. The third kappa shape index (κ3) is 3.35. The summed E-state index contributed by atoms with van der Waals surface area (Å²) in [6, 6.07) is 18.3. The lowest BCUT2D eigenvalue weighted by Crippen LogP contribution is -2.39. The first kappa shape index (κ1) is 16.2. The molecule has 0 saturated heterocycles. The Morgan fingerprint density at radius 1 is 1.00 bits per heavy atom. The van der Waals surface area contributed by atoms with E-state index in [1.54, 1.807) is 0 Å². The summed E-state index contributed by atoms with van der Waals surface area (Å²) in [6.45, 7) is 0.319. The van der Waals surface area contributed by atoms with Gasteiger partial charge in [-0.25, -0.2) is 0 Å². The van der Waals surface area contributed by atoms with E-state index in [-0.39, 0.29) is 6.42 Å². The number of benzene rings is 2. The standard InChI is InChI=1S/C18H21NO3/c19-12-11-16(13-17(20)21)18(22,14-7-3-1-4-8-14)15-9-5-2-6-10-15/h1-10,16,22H,11-13,19H2,(H,20,21). The molecule has 0 aliphatic heterocycles. The largest absolute Gasteiger partial charge is 0.481 e. The molecule has 0 bridgehead atoms. The molecule has 0 aromatic heterocycles. The highest BCUT2D eigenvalue weighted by Crippen LogP contribution is 2.40. The van der Waals surface area contributed by atoms with Crippen LogP contribution in [0.15, 0.2) is 60.7 Å². The maximum atomic E-state index is 11.5. The Hall–Kier alpha value is -2.17. The molecule has 0 heterocycles. The highest BCUT2D eigenvalue weighted by atomic mass is 16.4. The summed E-state index contributed by atoms with van der Waals surface area (Å²) < 4.78 is 0. The van der Waals surface area contributed by atoms with Crippen LogP contribution >= 0.6 is 0 Å². The van der Waals surface area contributed by atoms with Gasteiger partial charge in [0.1, 0.15) is 5.60 Å². The van der Waals surface area contributed by atoms with Gasteiger partial charge in [0.25, 0.3) is 0 Å². The molecule has 4 nitrogen and oxygen atoms in total. The number of carboxylic acids is 1. The Balaban J connectivity index is 2.56. The molecule has 0 radical (unpaired) electrons. The zero-order chi connectivity index (χ0) is 16.0. The Labute approximate surface area is 130 Å². The molecule has 1 unspecified atom stereocenters. The number of aliphatic carboxylic acids is 1. The summed E-state index contributed by atoms with van der Waals surface area (Å²) in [5.41, 5.74) is 5.64. The van der Waals surface area contributed by atoms with Crippen molar-refractivity contribution in [3.63, 3.8) is 0 Å². The minimum Gasteiger partial charge on any atom is -0.481 e. The lowest BCUT2D eigenvalue weighted by Gasteiger charge is -2.36. The molecule has 2 aromatic rings. The van der Waals surface area contributed by atoms with E-state index in [9.17, 15) is 15.0 Å². The SMILES string of the molecule is NCCC(CC(=O)O)C(O)(c1ccccc1)c1ccccc1. The fraction of sp³-hybridized carbons (Fsp3) is 0.278. The van der Waals surface area contributed by atoms with Gasteiger partial charge in [-0.3, -0.25) is 4.79 Å². The summed E-state index contributed by atoms with van der Waals surface area (Å²) in [5.74, 6) is -1.44. The van der Waals surface area contributed by atoms with E-state index in [0.29, 0.717) is 24.1 Å². The van der Waals surface area contributed by atoms with Crippen molar-refractivity contribution in [2.45, 2.75) is 18.4 Å². The van der Waals surface area contributed by atoms with E-state index in [1.807, 2.05) is 60.7 Å². The van der Waals surface area contributed by atoms with Gasteiger partial charge in [-0.05, 0) is 24.1 Å². The molecule has 2 rings (SSSR count). The minimum absolute atomic E-state index is 0.141. The van der Waals surface area contributed by atoms with Crippen molar-refractivity contribution in [2.24, 2.45) is 11.7 Å². The van der Waals surface area contributed by atoms with Crippen LogP contribution in [0.5, 0.6) is 0 Å². The first-order valence-corrected chi connectivity index (χ1v) is 7.34. The lowest BCUT2D eigenvalue weighted by atomic mass is 9.73. The van der Waals surface area contributed by atoms with Gasteiger partial charge in [0.2, 0.25) is 0 Å². The van der Waals surface area contributed by atoms with Crippen molar-refractivity contribution in [1.82, 2.24) is 0 Å². The van der Waals surface area contributed by atoms with Gasteiger partial charge in [-0.2, -0.15) is 0 Å². The van der Waals surface area contributed by atoms with Crippen LogP contribution in [0.3, 0.4) is 0 Å². The van der Waals surface area contributed by atoms with E-state index in [1.165, 1.54) is 0 Å². The molecular formula is C18H21NO3. The number of carboxylic acid groups (broad SMARTS) is 1. The average molecular weight is 299 g/mol. The molecule has 4 N–H and O–H groups in total. The van der Waals surface area contributed by atoms with Crippen molar-refractivity contribution in [3.05, 3.63) is 71.8 Å². The maximum absolute atomic E-state index is 11.5. The molecule has 0 spiro atoms. The molecule has 0 saturated carbocycles. The third-order valence-corrected chi connectivity index (χ3v) is 3.95. The number of nitrogens with two attached hydrogens (primary N) is 1. The Bertz CT molecular complexity index is 559. The molecule has 0 fully saturated rings. The number of carbonyl (C=O) groups is 1. The summed E-state index contributed by atoms with van der Waals surface area (Å²) in [7, 11) is 0. The van der Waals surface area contributed by atoms with Crippen LogP contribution < -0.4 is 5.73 Å². The second-order valence-electron chi connectivity index (χ2n) is 5.37. The molecule has 0 aliphatic rings. The normalized spacial score (nSPS) is 12.8. The van der Waals surface area contributed by atoms with Gasteiger partial charge in [0.15, 0.2) is 0 Å². The Morgan fingerprint density at radius 3 is 1.82 bits per heavy atom. The molecule has 4 heteroatoms. The molecule has 22 heavy (non-hydrogen) atoms. The molecule has 0 aliphatic carbocycles. The Kier molecular flexibility index (Phi) is 5.31. The lowest BCUT2D eigenvalue weighted by molar-refractivity contribution is -0.140. The Morgan fingerprint density at radius 2 is 1.45 bits per heavy atom. The maximum Gasteiger partial charge on any atom is 0.303 e. The van der Waals surface area contributed by atoms with Gasteiger partial charge < -0.3 is 15.9 Å². The molecule has 2 aromatic carbocycles. The topological polar surface area (TPSA) is 83.6 Å². The second-order valence-corrected chi connectivity index (χ2v) is 5.37. The fourth-order valence-electron chi connectivity index (χ4n) is 2.89. The molecular weight excluding hydrogens is 278 g/mol. The van der Waals surface area contributed by atoms with Crippen molar-refractivity contribution in [2.75, 3.05) is 6.54 Å². The number of hydrogen-bond donors (Lipinski definition) is 3. The summed E-state index contributed by atoms with van der Waals surface area (Å²) in [5, 5.41) is 20.7. The van der Waals surface area contributed by atoms with Crippen LogP contribution in [-0.4, -0.2) is 22.7 Å². The van der Waals surface area contributed by atoms with E-state index in [4.69, 9.17) is 5.73 Å². The van der Waals surface area contributed by atoms with Crippen LogP contribution in [-0.2, 0) is 10.4 Å². The molecule has 1 atom stereocenters. The fourth-order valence-corrected chi connectivity index (χ4v) is 2.89. The first-order valence-electron chi connectivity index (χ1n) is 7.34.